The number of aromatic nitrogens is 2. The molecule has 3 aromatic carbocycles. The van der Waals surface area contributed by atoms with E-state index in [1.54, 1.807) is 16.4 Å². The van der Waals surface area contributed by atoms with Gasteiger partial charge in [0.25, 0.3) is 0 Å². The quantitative estimate of drug-likeness (QED) is 0.434. The van der Waals surface area contributed by atoms with Crippen molar-refractivity contribution in [3.8, 4) is 5.69 Å². The average Bonchev–Trinajstić information content (AvgIpc) is 3.39. The first-order valence-corrected chi connectivity index (χ1v) is 12.8. The molecule has 5 rings (SSSR count). The van der Waals surface area contributed by atoms with Crippen LogP contribution in [0.25, 0.3) is 16.6 Å². The van der Waals surface area contributed by atoms with Crippen LogP contribution in [0.5, 0.6) is 0 Å². The Morgan fingerprint density at radius 2 is 1.79 bits per heavy atom. The average molecular weight is 464 g/mol. The van der Waals surface area contributed by atoms with E-state index in [0.717, 1.165) is 40.6 Å². The standard InChI is InChI=1S/C26H26FN3O2S/c1-19-14-25-21(17-28-30(25)23-10-8-22(27)9-11-23)15-24(19)26(16-20-6-4-3-5-7-20)12-13-29(18-26)33(2,31)32/h3-11,14-15,17H,12-13,16,18H2,1-2H3. The molecule has 0 N–H and O–H groups in total. The zero-order valence-corrected chi connectivity index (χ0v) is 19.5. The SMILES string of the molecule is Cc1cc2c(cnn2-c2ccc(F)cc2)cc1C1(Cc2ccccc2)CCN(S(C)(=O)=O)C1. The Labute approximate surface area is 193 Å². The lowest BCUT2D eigenvalue weighted by molar-refractivity contribution is 0.416. The first-order chi connectivity index (χ1) is 15.7. The van der Waals surface area contributed by atoms with E-state index in [-0.39, 0.29) is 11.2 Å². The van der Waals surface area contributed by atoms with Crippen molar-refractivity contribution < 1.29 is 12.8 Å². The van der Waals surface area contributed by atoms with Gasteiger partial charge in [-0.1, -0.05) is 30.3 Å². The minimum atomic E-state index is -3.28. The van der Waals surface area contributed by atoms with Gasteiger partial charge in [0.2, 0.25) is 10.0 Å². The fraction of sp³-hybridized carbons (Fsp3) is 0.269. The second-order valence-electron chi connectivity index (χ2n) is 9.05. The van der Waals surface area contributed by atoms with E-state index in [0.29, 0.717) is 13.1 Å². The van der Waals surface area contributed by atoms with Gasteiger partial charge in [0, 0.05) is 23.9 Å². The van der Waals surface area contributed by atoms with Gasteiger partial charge in [-0.2, -0.15) is 5.10 Å². The first-order valence-electron chi connectivity index (χ1n) is 11.0. The summed E-state index contributed by atoms with van der Waals surface area (Å²) in [7, 11) is -3.28. The van der Waals surface area contributed by atoms with E-state index < -0.39 is 10.0 Å². The van der Waals surface area contributed by atoms with Gasteiger partial charge < -0.3 is 0 Å². The molecule has 1 unspecified atom stereocenters. The van der Waals surface area contributed by atoms with Crippen molar-refractivity contribution in [2.24, 2.45) is 0 Å². The smallest absolute Gasteiger partial charge is 0.211 e. The Morgan fingerprint density at radius 1 is 1.06 bits per heavy atom. The number of hydrogen-bond donors (Lipinski definition) is 0. The molecule has 7 heteroatoms. The minimum absolute atomic E-state index is 0.284. The molecule has 0 amide bonds. The van der Waals surface area contributed by atoms with Crippen molar-refractivity contribution in [1.82, 2.24) is 14.1 Å². The molecular weight excluding hydrogens is 437 g/mol. The van der Waals surface area contributed by atoms with Gasteiger partial charge in [-0.15, -0.1) is 0 Å². The van der Waals surface area contributed by atoms with Crippen molar-refractivity contribution >= 4 is 20.9 Å². The maximum atomic E-state index is 13.4. The maximum absolute atomic E-state index is 13.4. The predicted molar refractivity (Wildman–Crippen MR) is 129 cm³/mol. The van der Waals surface area contributed by atoms with Crippen molar-refractivity contribution in [2.45, 2.75) is 25.2 Å². The molecule has 0 spiro atoms. The summed E-state index contributed by atoms with van der Waals surface area (Å²) in [6.07, 6.45) is 4.63. The van der Waals surface area contributed by atoms with Crippen LogP contribution in [0.2, 0.25) is 0 Å². The number of benzene rings is 3. The van der Waals surface area contributed by atoms with Crippen molar-refractivity contribution in [1.29, 1.82) is 0 Å². The van der Waals surface area contributed by atoms with E-state index >= 15 is 0 Å². The van der Waals surface area contributed by atoms with E-state index in [9.17, 15) is 12.8 Å². The molecule has 2 heterocycles. The number of halogens is 1. The molecule has 33 heavy (non-hydrogen) atoms. The van der Waals surface area contributed by atoms with Crippen LogP contribution in [-0.4, -0.2) is 41.8 Å². The molecule has 1 atom stereocenters. The fourth-order valence-electron chi connectivity index (χ4n) is 5.10. The highest BCUT2D eigenvalue weighted by atomic mass is 32.2. The maximum Gasteiger partial charge on any atom is 0.211 e. The van der Waals surface area contributed by atoms with Gasteiger partial charge >= 0.3 is 0 Å². The highest BCUT2D eigenvalue weighted by Crippen LogP contribution is 2.41. The molecule has 0 radical (unpaired) electrons. The Balaban J connectivity index is 1.62. The molecule has 1 aliphatic heterocycles. The largest absolute Gasteiger partial charge is 0.233 e. The van der Waals surface area contributed by atoms with E-state index in [1.807, 2.05) is 29.1 Å². The lowest BCUT2D eigenvalue weighted by Gasteiger charge is -2.32. The number of sulfonamides is 1. The number of hydrogen-bond acceptors (Lipinski definition) is 3. The van der Waals surface area contributed by atoms with Crippen LogP contribution < -0.4 is 0 Å². The van der Waals surface area contributed by atoms with Crippen LogP contribution in [0.15, 0.2) is 72.9 Å². The van der Waals surface area contributed by atoms with Crippen molar-refractivity contribution in [3.05, 3.63) is 95.4 Å². The first kappa shape index (κ1) is 21.8. The van der Waals surface area contributed by atoms with Crippen LogP contribution >= 0.6 is 0 Å². The Hall–Kier alpha value is -3.03. The Bertz CT molecular complexity index is 1420. The van der Waals surface area contributed by atoms with E-state index in [4.69, 9.17) is 0 Å². The summed E-state index contributed by atoms with van der Waals surface area (Å²) in [5.74, 6) is -0.284. The molecule has 1 fully saturated rings. The highest BCUT2D eigenvalue weighted by molar-refractivity contribution is 7.88. The number of rotatable bonds is 5. The lowest BCUT2D eigenvalue weighted by Crippen LogP contribution is -2.36. The fourth-order valence-corrected chi connectivity index (χ4v) is 6.01. The molecule has 0 bridgehead atoms. The Morgan fingerprint density at radius 3 is 2.45 bits per heavy atom. The van der Waals surface area contributed by atoms with Crippen molar-refractivity contribution in [2.75, 3.05) is 19.3 Å². The van der Waals surface area contributed by atoms with Gasteiger partial charge in [0.15, 0.2) is 0 Å². The summed E-state index contributed by atoms with van der Waals surface area (Å²) in [4.78, 5) is 0. The normalized spacial score (nSPS) is 19.4. The Kier molecular flexibility index (Phi) is 5.34. The van der Waals surface area contributed by atoms with Gasteiger partial charge in [-0.25, -0.2) is 21.8 Å². The summed E-state index contributed by atoms with van der Waals surface area (Å²) in [6.45, 7) is 3.05. The van der Waals surface area contributed by atoms with E-state index in [1.165, 1.54) is 24.0 Å². The van der Waals surface area contributed by atoms with E-state index in [2.05, 4.69) is 36.3 Å². The van der Waals surface area contributed by atoms with Gasteiger partial charge in [0.1, 0.15) is 5.82 Å². The second-order valence-corrected chi connectivity index (χ2v) is 11.0. The topological polar surface area (TPSA) is 55.2 Å². The summed E-state index contributed by atoms with van der Waals surface area (Å²) >= 11 is 0. The molecule has 170 valence electrons. The summed E-state index contributed by atoms with van der Waals surface area (Å²) in [5, 5.41) is 5.53. The van der Waals surface area contributed by atoms with Crippen LogP contribution in [0, 0.1) is 12.7 Å². The summed E-state index contributed by atoms with van der Waals surface area (Å²) < 4.78 is 41.5. The molecule has 0 saturated carbocycles. The molecule has 1 saturated heterocycles. The van der Waals surface area contributed by atoms with Gasteiger partial charge in [-0.05, 0) is 72.9 Å². The second kappa shape index (κ2) is 8.08. The lowest BCUT2D eigenvalue weighted by atomic mass is 9.73. The van der Waals surface area contributed by atoms with Crippen LogP contribution in [0.3, 0.4) is 0 Å². The van der Waals surface area contributed by atoms with Crippen molar-refractivity contribution in [3.63, 3.8) is 0 Å². The summed E-state index contributed by atoms with van der Waals surface area (Å²) in [5.41, 5.74) is 4.86. The van der Waals surface area contributed by atoms with Crippen LogP contribution in [0.4, 0.5) is 4.39 Å². The third kappa shape index (κ3) is 4.07. The van der Waals surface area contributed by atoms with Gasteiger partial charge in [-0.3, -0.25) is 0 Å². The molecule has 0 aliphatic carbocycles. The van der Waals surface area contributed by atoms with Gasteiger partial charge in [0.05, 0.1) is 23.7 Å². The molecule has 4 aromatic rings. The zero-order valence-electron chi connectivity index (χ0n) is 18.7. The molecule has 5 nitrogen and oxygen atoms in total. The number of nitrogens with zero attached hydrogens (tertiary/aromatic N) is 3. The zero-order chi connectivity index (χ0) is 23.2. The van der Waals surface area contributed by atoms with Crippen LogP contribution in [0.1, 0.15) is 23.1 Å². The molecule has 1 aliphatic rings. The predicted octanol–water partition coefficient (Wildman–Crippen LogP) is 4.62. The third-order valence-corrected chi connectivity index (χ3v) is 7.98. The molecular formula is C26H26FN3O2S. The number of aryl methyl sites for hydroxylation is 1. The third-order valence-electron chi connectivity index (χ3n) is 6.73. The summed E-state index contributed by atoms with van der Waals surface area (Å²) in [6, 6.07) is 20.8. The highest BCUT2D eigenvalue weighted by Gasteiger charge is 2.43. The minimum Gasteiger partial charge on any atom is -0.233 e. The monoisotopic (exact) mass is 463 g/mol. The number of fused-ring (bicyclic) bond motifs is 1. The van der Waals surface area contributed by atoms with Crippen LogP contribution in [-0.2, 0) is 21.9 Å². The molecule has 1 aromatic heterocycles.